The molecule has 0 radical (unpaired) electrons. The number of nitrogens with one attached hydrogen (secondary N) is 3. The second-order valence-electron chi connectivity index (χ2n) is 6.24. The summed E-state index contributed by atoms with van der Waals surface area (Å²) in [5.74, 6) is 1.54. The van der Waals surface area contributed by atoms with Crippen LogP contribution in [0.1, 0.15) is 10.4 Å². The van der Waals surface area contributed by atoms with Gasteiger partial charge in [-0.3, -0.25) is 9.63 Å². The Labute approximate surface area is 189 Å². The van der Waals surface area contributed by atoms with Gasteiger partial charge in [0.25, 0.3) is 5.91 Å². The number of hydrogen-bond donors (Lipinski definition) is 3. The van der Waals surface area contributed by atoms with Crippen molar-refractivity contribution in [1.29, 1.82) is 0 Å². The first-order valence-electron chi connectivity index (χ1n) is 9.29. The lowest BCUT2D eigenvalue weighted by Crippen LogP contribution is -2.22. The van der Waals surface area contributed by atoms with Crippen LogP contribution in [0.5, 0.6) is 17.2 Å². The molecule has 0 unspecified atom stereocenters. The number of amides is 1. The average molecular weight is 460 g/mol. The fraction of sp³-hybridized carbons (Fsp3) is 0.190. The van der Waals surface area contributed by atoms with Gasteiger partial charge in [0.15, 0.2) is 17.3 Å². The van der Waals surface area contributed by atoms with Gasteiger partial charge in [-0.2, -0.15) is 4.98 Å². The molecule has 3 aromatic rings. The number of benzene rings is 2. The Kier molecular flexibility index (Phi) is 7.53. The van der Waals surface area contributed by atoms with E-state index in [1.165, 1.54) is 34.6 Å². The van der Waals surface area contributed by atoms with Gasteiger partial charge in [-0.15, -0.1) is 0 Å². The van der Waals surface area contributed by atoms with Gasteiger partial charge in [0.05, 0.1) is 45.9 Å². The average Bonchev–Trinajstić information content (AvgIpc) is 2.81. The minimum Gasteiger partial charge on any atom is -0.493 e. The molecule has 0 aliphatic heterocycles. The Morgan fingerprint density at radius 3 is 2.28 bits per heavy atom. The summed E-state index contributed by atoms with van der Waals surface area (Å²) in [6, 6.07) is 10.3. The number of rotatable bonds is 9. The number of carbonyl (C=O) groups is 1. The summed E-state index contributed by atoms with van der Waals surface area (Å²) in [7, 11) is 5.94. The number of hydroxylamine groups is 1. The molecule has 10 nitrogen and oxygen atoms in total. The van der Waals surface area contributed by atoms with E-state index in [9.17, 15) is 4.79 Å². The predicted octanol–water partition coefficient (Wildman–Crippen LogP) is 3.93. The van der Waals surface area contributed by atoms with Crippen molar-refractivity contribution >= 4 is 40.6 Å². The fourth-order valence-electron chi connectivity index (χ4n) is 2.86. The Bertz CT molecular complexity index is 1090. The van der Waals surface area contributed by atoms with Crippen molar-refractivity contribution < 1.29 is 23.8 Å². The lowest BCUT2D eigenvalue weighted by Gasteiger charge is -2.15. The van der Waals surface area contributed by atoms with Crippen molar-refractivity contribution in [2.75, 3.05) is 39.1 Å². The van der Waals surface area contributed by atoms with Crippen molar-refractivity contribution in [1.82, 2.24) is 15.4 Å². The van der Waals surface area contributed by atoms with Gasteiger partial charge < -0.3 is 24.8 Å². The number of anilines is 4. The van der Waals surface area contributed by atoms with Crippen LogP contribution >= 0.6 is 11.6 Å². The van der Waals surface area contributed by atoms with Gasteiger partial charge in [0.1, 0.15) is 5.02 Å². The van der Waals surface area contributed by atoms with E-state index in [1.807, 2.05) is 0 Å². The first kappa shape index (κ1) is 22.9. The third kappa shape index (κ3) is 5.10. The van der Waals surface area contributed by atoms with Crippen LogP contribution in [-0.2, 0) is 4.84 Å². The fourth-order valence-corrected chi connectivity index (χ4v) is 3.00. The molecule has 0 atom stereocenters. The molecule has 0 aliphatic carbocycles. The van der Waals surface area contributed by atoms with E-state index in [1.54, 1.807) is 36.4 Å². The Hall–Kier alpha value is -3.76. The summed E-state index contributed by atoms with van der Waals surface area (Å²) in [6.45, 7) is 0. The van der Waals surface area contributed by atoms with Gasteiger partial charge in [-0.25, -0.2) is 10.5 Å². The summed E-state index contributed by atoms with van der Waals surface area (Å²) in [5, 5.41) is 6.41. The zero-order valence-corrected chi connectivity index (χ0v) is 18.6. The van der Waals surface area contributed by atoms with Crippen LogP contribution < -0.4 is 30.3 Å². The molecule has 0 saturated carbocycles. The second-order valence-corrected chi connectivity index (χ2v) is 6.64. The number of nitrogens with zero attached hydrogens (tertiary/aromatic N) is 2. The Morgan fingerprint density at radius 1 is 0.969 bits per heavy atom. The number of para-hydroxylation sites is 1. The van der Waals surface area contributed by atoms with E-state index in [4.69, 9.17) is 30.6 Å². The summed E-state index contributed by atoms with van der Waals surface area (Å²) in [5.41, 5.74) is 3.73. The van der Waals surface area contributed by atoms with E-state index < -0.39 is 5.91 Å². The second kappa shape index (κ2) is 10.5. The SMILES string of the molecule is CONC(=O)c1ccccc1Nc1nc(Nc2cc(OC)c(OC)c(OC)c2)ncc1Cl. The zero-order chi connectivity index (χ0) is 23.1. The van der Waals surface area contributed by atoms with E-state index in [-0.39, 0.29) is 11.0 Å². The molecule has 1 amide bonds. The highest BCUT2D eigenvalue weighted by Crippen LogP contribution is 2.40. The number of carbonyl (C=O) groups excluding carboxylic acids is 1. The highest BCUT2D eigenvalue weighted by Gasteiger charge is 2.16. The number of aromatic nitrogens is 2. The maximum absolute atomic E-state index is 12.2. The first-order chi connectivity index (χ1) is 15.5. The molecule has 3 N–H and O–H groups in total. The highest BCUT2D eigenvalue weighted by atomic mass is 35.5. The van der Waals surface area contributed by atoms with E-state index in [0.717, 1.165) is 0 Å². The number of ether oxygens (including phenoxy) is 3. The molecule has 0 fully saturated rings. The zero-order valence-electron chi connectivity index (χ0n) is 17.9. The Balaban J connectivity index is 1.90. The molecular weight excluding hydrogens is 438 g/mol. The summed E-state index contributed by atoms with van der Waals surface area (Å²) in [6.07, 6.45) is 1.44. The molecule has 0 bridgehead atoms. The third-order valence-electron chi connectivity index (χ3n) is 4.28. The van der Waals surface area contributed by atoms with Crippen LogP contribution in [0, 0.1) is 0 Å². The van der Waals surface area contributed by atoms with Gasteiger partial charge in [-0.05, 0) is 12.1 Å². The van der Waals surface area contributed by atoms with Crippen LogP contribution in [0.25, 0.3) is 0 Å². The molecule has 11 heteroatoms. The monoisotopic (exact) mass is 459 g/mol. The van der Waals surface area contributed by atoms with Gasteiger partial charge in [0, 0.05) is 17.8 Å². The van der Waals surface area contributed by atoms with Gasteiger partial charge in [0.2, 0.25) is 11.7 Å². The predicted molar refractivity (Wildman–Crippen MR) is 121 cm³/mol. The van der Waals surface area contributed by atoms with Crippen molar-refractivity contribution in [3.8, 4) is 17.2 Å². The lowest BCUT2D eigenvalue weighted by atomic mass is 10.1. The van der Waals surface area contributed by atoms with E-state index in [0.29, 0.717) is 40.0 Å². The minimum absolute atomic E-state index is 0.255. The van der Waals surface area contributed by atoms with E-state index in [2.05, 4.69) is 26.1 Å². The standard InChI is InChI=1S/C21H22ClN5O5/c1-29-16-9-12(10-17(30-2)18(16)31-3)24-21-23-11-14(22)19(26-21)25-15-8-6-5-7-13(15)20(28)27-32-4/h5-11H,1-4H3,(H,27,28)(H2,23,24,25,26). The number of hydrogen-bond acceptors (Lipinski definition) is 9. The third-order valence-corrected chi connectivity index (χ3v) is 4.56. The van der Waals surface area contributed by atoms with Crippen molar-refractivity contribution in [3.05, 3.63) is 53.2 Å². The highest BCUT2D eigenvalue weighted by molar-refractivity contribution is 6.33. The van der Waals surface area contributed by atoms with Crippen LogP contribution in [0.4, 0.5) is 23.1 Å². The summed E-state index contributed by atoms with van der Waals surface area (Å²) >= 11 is 6.28. The van der Waals surface area contributed by atoms with E-state index >= 15 is 0 Å². The van der Waals surface area contributed by atoms with Crippen molar-refractivity contribution in [2.45, 2.75) is 0 Å². The molecule has 1 aromatic heterocycles. The largest absolute Gasteiger partial charge is 0.493 e. The maximum Gasteiger partial charge on any atom is 0.276 e. The number of halogens is 1. The molecule has 0 aliphatic rings. The van der Waals surface area contributed by atoms with Crippen LogP contribution in [-0.4, -0.2) is 44.3 Å². The van der Waals surface area contributed by atoms with Gasteiger partial charge >= 0.3 is 0 Å². The summed E-state index contributed by atoms with van der Waals surface area (Å²) in [4.78, 5) is 25.6. The lowest BCUT2D eigenvalue weighted by molar-refractivity contribution is 0.0538. The van der Waals surface area contributed by atoms with Crippen LogP contribution in [0.2, 0.25) is 5.02 Å². The van der Waals surface area contributed by atoms with Crippen molar-refractivity contribution in [3.63, 3.8) is 0 Å². The smallest absolute Gasteiger partial charge is 0.276 e. The van der Waals surface area contributed by atoms with Crippen LogP contribution in [0.3, 0.4) is 0 Å². The molecule has 2 aromatic carbocycles. The molecule has 168 valence electrons. The molecule has 1 heterocycles. The molecule has 0 saturated heterocycles. The minimum atomic E-state index is -0.420. The number of methoxy groups -OCH3 is 3. The summed E-state index contributed by atoms with van der Waals surface area (Å²) < 4.78 is 16.1. The molecule has 0 spiro atoms. The molecule has 32 heavy (non-hydrogen) atoms. The quantitative estimate of drug-likeness (QED) is 0.409. The van der Waals surface area contributed by atoms with Crippen LogP contribution in [0.15, 0.2) is 42.6 Å². The normalized spacial score (nSPS) is 10.3. The topological polar surface area (TPSA) is 116 Å². The Morgan fingerprint density at radius 2 is 1.66 bits per heavy atom. The molecular formula is C21H22ClN5O5. The van der Waals surface area contributed by atoms with Gasteiger partial charge in [-0.1, -0.05) is 23.7 Å². The van der Waals surface area contributed by atoms with Crippen molar-refractivity contribution in [2.24, 2.45) is 0 Å². The maximum atomic E-state index is 12.2. The molecule has 3 rings (SSSR count). The first-order valence-corrected chi connectivity index (χ1v) is 9.67.